The zero-order valence-electron chi connectivity index (χ0n) is 22.3. The molecule has 2 saturated carbocycles. The summed E-state index contributed by atoms with van der Waals surface area (Å²) >= 11 is 0. The zero-order chi connectivity index (χ0) is 25.6. The van der Waals surface area contributed by atoms with Crippen molar-refractivity contribution in [2.45, 2.75) is 82.4 Å². The van der Waals surface area contributed by atoms with E-state index in [-0.39, 0.29) is 17.7 Å². The summed E-state index contributed by atoms with van der Waals surface area (Å²) in [7, 11) is 0. The van der Waals surface area contributed by atoms with Gasteiger partial charge >= 0.3 is 0 Å². The van der Waals surface area contributed by atoms with Gasteiger partial charge in [-0.3, -0.25) is 9.36 Å². The first kappa shape index (κ1) is 24.3. The number of hydrogen-bond acceptors (Lipinski definition) is 7. The molecule has 7 rings (SSSR count). The van der Waals surface area contributed by atoms with Crippen molar-refractivity contribution in [3.63, 3.8) is 0 Å². The number of rotatable bonds is 6. The Morgan fingerprint density at radius 1 is 0.868 bits per heavy atom. The van der Waals surface area contributed by atoms with Crippen LogP contribution < -0.4 is 15.8 Å². The minimum atomic E-state index is -0.269. The van der Waals surface area contributed by atoms with Gasteiger partial charge in [-0.05, 0) is 101 Å². The molecule has 8 heteroatoms. The van der Waals surface area contributed by atoms with E-state index in [9.17, 15) is 9.90 Å². The Morgan fingerprint density at radius 2 is 1.63 bits per heavy atom. The fourth-order valence-electron chi connectivity index (χ4n) is 7.01. The van der Waals surface area contributed by atoms with Gasteiger partial charge in [-0.1, -0.05) is 6.07 Å². The molecule has 4 heterocycles. The standard InChI is InChI=1S/C30H40N6O2/c37-24-8-5-22(6-9-24)36-28-27(19-32-30(33-28)31-18-20-3-4-20)25-10-7-23(17-26(25)29(36)38)35-15-11-21(12-16-35)34-13-1-2-14-34/h7,10,17,19-22,24,37H,1-6,8-9,11-16,18H2,(H,31,32,33). The number of pyridine rings is 1. The van der Waals surface area contributed by atoms with Crippen molar-refractivity contribution >= 4 is 33.4 Å². The van der Waals surface area contributed by atoms with Crippen LogP contribution in [0.2, 0.25) is 0 Å². The van der Waals surface area contributed by atoms with Crippen molar-refractivity contribution < 1.29 is 5.11 Å². The Kier molecular flexibility index (Phi) is 6.48. The number of nitrogens with zero attached hydrogens (tertiary/aromatic N) is 5. The molecule has 38 heavy (non-hydrogen) atoms. The Labute approximate surface area is 224 Å². The van der Waals surface area contributed by atoms with Crippen molar-refractivity contribution in [3.8, 4) is 0 Å². The van der Waals surface area contributed by atoms with Crippen LogP contribution in [0, 0.1) is 5.92 Å². The SMILES string of the molecule is O=c1c2cc(N3CCC(N4CCCC4)CC3)ccc2c2cnc(NCC3CC3)nc2n1C1CCC(O)CC1. The zero-order valence-corrected chi connectivity index (χ0v) is 22.3. The second kappa shape index (κ2) is 10.1. The second-order valence-electron chi connectivity index (χ2n) is 12.1. The molecule has 2 aliphatic carbocycles. The van der Waals surface area contributed by atoms with E-state index >= 15 is 0 Å². The Morgan fingerprint density at radius 3 is 2.37 bits per heavy atom. The number of aliphatic hydroxyl groups excluding tert-OH is 1. The van der Waals surface area contributed by atoms with Gasteiger partial charge in [0, 0.05) is 49.0 Å². The molecular weight excluding hydrogens is 476 g/mol. The molecule has 0 radical (unpaired) electrons. The van der Waals surface area contributed by atoms with Gasteiger partial charge in [0.1, 0.15) is 5.65 Å². The first-order valence-corrected chi connectivity index (χ1v) is 14.9. The number of fused-ring (bicyclic) bond motifs is 3. The predicted molar refractivity (Wildman–Crippen MR) is 152 cm³/mol. The van der Waals surface area contributed by atoms with Crippen molar-refractivity contribution in [2.75, 3.05) is 42.9 Å². The number of nitrogens with one attached hydrogen (secondary N) is 1. The number of aromatic nitrogens is 3. The minimum absolute atomic E-state index is 0.0366. The highest BCUT2D eigenvalue weighted by molar-refractivity contribution is 6.05. The monoisotopic (exact) mass is 516 g/mol. The summed E-state index contributed by atoms with van der Waals surface area (Å²) < 4.78 is 1.93. The molecule has 1 aromatic carbocycles. The van der Waals surface area contributed by atoms with E-state index in [1.165, 1.54) is 51.6 Å². The van der Waals surface area contributed by atoms with Gasteiger partial charge in [0.25, 0.3) is 5.56 Å². The molecule has 0 bridgehead atoms. The third-order valence-corrected chi connectivity index (χ3v) is 9.50. The van der Waals surface area contributed by atoms with E-state index in [0.29, 0.717) is 17.9 Å². The molecule has 202 valence electrons. The first-order valence-electron chi connectivity index (χ1n) is 14.9. The molecule has 4 aliphatic rings. The Balaban J connectivity index is 1.25. The quantitative estimate of drug-likeness (QED) is 0.472. The summed E-state index contributed by atoms with van der Waals surface area (Å²) in [6.07, 6.45) is 12.2. The van der Waals surface area contributed by atoms with Crippen LogP contribution in [-0.4, -0.2) is 69.4 Å². The lowest BCUT2D eigenvalue weighted by Crippen LogP contribution is -2.43. The average Bonchev–Trinajstić information content (AvgIpc) is 3.63. The third-order valence-electron chi connectivity index (χ3n) is 9.50. The molecule has 3 aromatic rings. The summed E-state index contributed by atoms with van der Waals surface area (Å²) in [5.74, 6) is 1.32. The first-order chi connectivity index (χ1) is 18.6. The van der Waals surface area contributed by atoms with Crippen LogP contribution in [0.15, 0.2) is 29.2 Å². The summed E-state index contributed by atoms with van der Waals surface area (Å²) in [5.41, 5.74) is 1.90. The predicted octanol–water partition coefficient (Wildman–Crippen LogP) is 4.31. The summed E-state index contributed by atoms with van der Waals surface area (Å²) in [5, 5.41) is 16.1. The van der Waals surface area contributed by atoms with Crippen molar-refractivity contribution in [2.24, 2.45) is 5.92 Å². The van der Waals surface area contributed by atoms with E-state index in [2.05, 4.69) is 38.3 Å². The number of anilines is 2. The highest BCUT2D eigenvalue weighted by atomic mass is 16.3. The lowest BCUT2D eigenvalue weighted by atomic mass is 9.92. The van der Waals surface area contributed by atoms with Gasteiger partial charge in [-0.25, -0.2) is 4.98 Å². The van der Waals surface area contributed by atoms with Crippen molar-refractivity contribution in [3.05, 3.63) is 34.7 Å². The highest BCUT2D eigenvalue weighted by Crippen LogP contribution is 2.34. The molecule has 0 spiro atoms. The third kappa shape index (κ3) is 4.66. The van der Waals surface area contributed by atoms with Crippen LogP contribution in [-0.2, 0) is 0 Å². The van der Waals surface area contributed by atoms with E-state index in [4.69, 9.17) is 4.98 Å². The molecule has 2 N–H and O–H groups in total. The molecule has 2 aliphatic heterocycles. The molecule has 0 amide bonds. The van der Waals surface area contributed by atoms with Gasteiger partial charge in [0.2, 0.25) is 5.95 Å². The largest absolute Gasteiger partial charge is 0.393 e. The average molecular weight is 517 g/mol. The van der Waals surface area contributed by atoms with E-state index in [0.717, 1.165) is 72.8 Å². The number of likely N-dealkylation sites (tertiary alicyclic amines) is 1. The topological polar surface area (TPSA) is 86.5 Å². The number of piperidine rings is 1. The molecule has 2 aromatic heterocycles. The van der Waals surface area contributed by atoms with Crippen LogP contribution in [0.25, 0.3) is 21.8 Å². The van der Waals surface area contributed by atoms with Crippen molar-refractivity contribution in [1.82, 2.24) is 19.4 Å². The summed E-state index contributed by atoms with van der Waals surface area (Å²) in [4.78, 5) is 28.9. The van der Waals surface area contributed by atoms with E-state index in [1.807, 2.05) is 10.8 Å². The van der Waals surface area contributed by atoms with Crippen LogP contribution >= 0.6 is 0 Å². The van der Waals surface area contributed by atoms with Crippen molar-refractivity contribution in [1.29, 1.82) is 0 Å². The Hall–Kier alpha value is -2.71. The summed E-state index contributed by atoms with van der Waals surface area (Å²) in [6.45, 7) is 5.47. The van der Waals surface area contributed by atoms with Gasteiger partial charge in [0.15, 0.2) is 0 Å². The fourth-order valence-corrected chi connectivity index (χ4v) is 7.01. The molecular formula is C30H40N6O2. The second-order valence-corrected chi connectivity index (χ2v) is 12.1. The smallest absolute Gasteiger partial charge is 0.260 e. The number of hydrogen-bond donors (Lipinski definition) is 2. The lowest BCUT2D eigenvalue weighted by molar-refractivity contribution is 0.111. The molecule has 0 unspecified atom stereocenters. The number of benzene rings is 1. The summed E-state index contributed by atoms with van der Waals surface area (Å²) in [6, 6.07) is 7.15. The fraction of sp³-hybridized carbons (Fsp3) is 0.633. The maximum atomic E-state index is 14.2. The van der Waals surface area contributed by atoms with Gasteiger partial charge < -0.3 is 20.2 Å². The van der Waals surface area contributed by atoms with E-state index in [1.54, 1.807) is 0 Å². The van der Waals surface area contributed by atoms with E-state index < -0.39 is 0 Å². The minimum Gasteiger partial charge on any atom is -0.393 e. The molecule has 2 saturated heterocycles. The Bertz CT molecular complexity index is 1360. The maximum Gasteiger partial charge on any atom is 0.260 e. The molecule has 4 fully saturated rings. The van der Waals surface area contributed by atoms with Gasteiger partial charge in [-0.2, -0.15) is 4.98 Å². The lowest BCUT2D eigenvalue weighted by Gasteiger charge is -2.38. The normalized spacial score (nSPS) is 25.4. The van der Waals surface area contributed by atoms with Crippen LogP contribution in [0.1, 0.15) is 70.3 Å². The number of aliphatic hydroxyl groups is 1. The molecule has 8 nitrogen and oxygen atoms in total. The van der Waals surface area contributed by atoms with Gasteiger partial charge in [0.05, 0.1) is 11.5 Å². The van der Waals surface area contributed by atoms with Gasteiger partial charge in [-0.15, -0.1) is 0 Å². The molecule has 0 atom stereocenters. The van der Waals surface area contributed by atoms with Crippen LogP contribution in [0.4, 0.5) is 11.6 Å². The highest BCUT2D eigenvalue weighted by Gasteiger charge is 2.28. The van der Waals surface area contributed by atoms with Crippen LogP contribution in [0.3, 0.4) is 0 Å². The van der Waals surface area contributed by atoms with Crippen LogP contribution in [0.5, 0.6) is 0 Å². The maximum absolute atomic E-state index is 14.2.